The zero-order valence-electron chi connectivity index (χ0n) is 15.3. The van der Waals surface area contributed by atoms with E-state index in [9.17, 15) is 4.79 Å². The summed E-state index contributed by atoms with van der Waals surface area (Å²) in [7, 11) is 1.86. The van der Waals surface area contributed by atoms with Crippen molar-refractivity contribution < 1.29 is 9.32 Å². The van der Waals surface area contributed by atoms with E-state index >= 15 is 0 Å². The molecule has 3 heterocycles. The lowest BCUT2D eigenvalue weighted by Gasteiger charge is -2.16. The fourth-order valence-corrected chi connectivity index (χ4v) is 3.68. The molecule has 1 atom stereocenters. The smallest absolute Gasteiger partial charge is 0.272 e. The molecule has 1 amide bonds. The van der Waals surface area contributed by atoms with Crippen molar-refractivity contribution in [2.75, 3.05) is 13.1 Å². The average molecular weight is 353 g/mol. The molecule has 1 saturated heterocycles. The quantitative estimate of drug-likeness (QED) is 0.778. The summed E-state index contributed by atoms with van der Waals surface area (Å²) in [5.74, 6) is 0.765. The monoisotopic (exact) mass is 353 g/mol. The van der Waals surface area contributed by atoms with Gasteiger partial charge in [-0.15, -0.1) is 0 Å². The van der Waals surface area contributed by atoms with E-state index in [2.05, 4.69) is 20.5 Å². The number of rotatable bonds is 4. The van der Waals surface area contributed by atoms with Crippen LogP contribution in [0.3, 0.4) is 0 Å². The van der Waals surface area contributed by atoms with Crippen molar-refractivity contribution in [2.45, 2.75) is 32.9 Å². The third kappa shape index (κ3) is 2.99. The molecule has 26 heavy (non-hydrogen) atoms. The van der Waals surface area contributed by atoms with Gasteiger partial charge >= 0.3 is 0 Å². The Balaban J connectivity index is 1.43. The first-order valence-corrected chi connectivity index (χ1v) is 8.89. The van der Waals surface area contributed by atoms with Gasteiger partial charge in [0.2, 0.25) is 0 Å². The molecule has 1 N–H and O–H groups in total. The minimum absolute atomic E-state index is 0.106. The lowest BCUT2D eigenvalue weighted by Crippen LogP contribution is -2.37. The number of para-hydroxylation sites is 1. The van der Waals surface area contributed by atoms with Crippen LogP contribution < -0.4 is 5.32 Å². The molecular weight excluding hydrogens is 330 g/mol. The molecule has 136 valence electrons. The van der Waals surface area contributed by atoms with Crippen molar-refractivity contribution in [3.63, 3.8) is 0 Å². The predicted octanol–water partition coefficient (Wildman–Crippen LogP) is 2.18. The first-order valence-electron chi connectivity index (χ1n) is 8.89. The molecule has 0 radical (unpaired) electrons. The van der Waals surface area contributed by atoms with Gasteiger partial charge in [0.25, 0.3) is 5.91 Å². The van der Waals surface area contributed by atoms with Gasteiger partial charge in [-0.25, -0.2) is 0 Å². The Kier molecular flexibility index (Phi) is 4.24. The lowest BCUT2D eigenvalue weighted by atomic mass is 10.2. The summed E-state index contributed by atoms with van der Waals surface area (Å²) >= 11 is 0. The number of likely N-dealkylation sites (tertiary alicyclic amines) is 1. The standard InChI is InChI=1S/C19H23N5O2/c1-12-16(13(2)26-22-12)11-24-9-8-14(10-24)20-19(25)18-15-6-4-5-7-17(15)23(3)21-18/h4-7,14H,8-11H2,1-3H3,(H,20,25)/t14-/m0/s1. The van der Waals surface area contributed by atoms with Crippen LogP contribution in [-0.4, -0.2) is 44.9 Å². The predicted molar refractivity (Wildman–Crippen MR) is 97.8 cm³/mol. The van der Waals surface area contributed by atoms with Crippen molar-refractivity contribution in [2.24, 2.45) is 7.05 Å². The highest BCUT2D eigenvalue weighted by Crippen LogP contribution is 2.20. The van der Waals surface area contributed by atoms with Gasteiger partial charge in [0.1, 0.15) is 5.76 Å². The number of hydrogen-bond acceptors (Lipinski definition) is 5. The van der Waals surface area contributed by atoms with Crippen molar-refractivity contribution in [1.29, 1.82) is 0 Å². The van der Waals surface area contributed by atoms with E-state index in [0.29, 0.717) is 5.69 Å². The maximum Gasteiger partial charge on any atom is 0.272 e. The van der Waals surface area contributed by atoms with E-state index in [1.54, 1.807) is 4.68 Å². The first-order chi connectivity index (χ1) is 12.5. The number of nitrogens with zero attached hydrogens (tertiary/aromatic N) is 4. The van der Waals surface area contributed by atoms with E-state index in [0.717, 1.165) is 54.0 Å². The lowest BCUT2D eigenvalue weighted by molar-refractivity contribution is 0.0933. The van der Waals surface area contributed by atoms with Crippen LogP contribution >= 0.6 is 0 Å². The number of aromatic nitrogens is 3. The number of amides is 1. The molecule has 1 aliphatic rings. The Hall–Kier alpha value is -2.67. The van der Waals surface area contributed by atoms with E-state index < -0.39 is 0 Å². The van der Waals surface area contributed by atoms with Gasteiger partial charge in [-0.05, 0) is 26.3 Å². The summed E-state index contributed by atoms with van der Waals surface area (Å²) < 4.78 is 6.99. The van der Waals surface area contributed by atoms with Crippen LogP contribution in [0.15, 0.2) is 28.8 Å². The molecule has 7 nitrogen and oxygen atoms in total. The summed E-state index contributed by atoms with van der Waals surface area (Å²) in [6, 6.07) is 7.93. The second-order valence-electron chi connectivity index (χ2n) is 6.99. The Morgan fingerprint density at radius 3 is 2.92 bits per heavy atom. The summed E-state index contributed by atoms with van der Waals surface area (Å²) in [5, 5.41) is 12.5. The maximum atomic E-state index is 12.7. The van der Waals surface area contributed by atoms with E-state index in [1.807, 2.05) is 45.2 Å². The maximum absolute atomic E-state index is 12.7. The van der Waals surface area contributed by atoms with E-state index in [-0.39, 0.29) is 11.9 Å². The number of benzene rings is 1. The minimum atomic E-state index is -0.106. The molecule has 0 unspecified atom stereocenters. The van der Waals surface area contributed by atoms with Crippen molar-refractivity contribution in [1.82, 2.24) is 25.2 Å². The Morgan fingerprint density at radius 2 is 2.15 bits per heavy atom. The molecule has 0 bridgehead atoms. The third-order valence-electron chi connectivity index (χ3n) is 5.14. The molecule has 4 rings (SSSR count). The summed E-state index contributed by atoms with van der Waals surface area (Å²) in [6.07, 6.45) is 0.930. The number of carbonyl (C=O) groups excluding carboxylic acids is 1. The molecule has 0 spiro atoms. The topological polar surface area (TPSA) is 76.2 Å². The molecule has 1 aromatic carbocycles. The van der Waals surface area contributed by atoms with Gasteiger partial charge in [0.05, 0.1) is 11.2 Å². The van der Waals surface area contributed by atoms with Gasteiger partial charge in [-0.1, -0.05) is 23.4 Å². The molecule has 1 aliphatic heterocycles. The Labute approximate surface area is 151 Å². The van der Waals surface area contributed by atoms with Crippen molar-refractivity contribution in [3.05, 3.63) is 47.0 Å². The Morgan fingerprint density at radius 1 is 1.35 bits per heavy atom. The van der Waals surface area contributed by atoms with Crippen LogP contribution in [0.1, 0.15) is 33.9 Å². The summed E-state index contributed by atoms with van der Waals surface area (Å²) in [4.78, 5) is 15.1. The first kappa shape index (κ1) is 16.8. The highest BCUT2D eigenvalue weighted by Gasteiger charge is 2.27. The number of nitrogens with one attached hydrogen (secondary N) is 1. The molecule has 0 aliphatic carbocycles. The van der Waals surface area contributed by atoms with Gasteiger partial charge in [0, 0.05) is 43.7 Å². The van der Waals surface area contributed by atoms with Crippen LogP contribution in [0.2, 0.25) is 0 Å². The minimum Gasteiger partial charge on any atom is -0.361 e. The SMILES string of the molecule is Cc1noc(C)c1CN1CC[C@H](NC(=O)c2nn(C)c3ccccc23)C1. The summed E-state index contributed by atoms with van der Waals surface area (Å²) in [6.45, 7) is 6.47. The van der Waals surface area contributed by atoms with Gasteiger partial charge in [-0.2, -0.15) is 5.10 Å². The van der Waals surface area contributed by atoms with E-state index in [4.69, 9.17) is 4.52 Å². The van der Waals surface area contributed by atoms with Crippen LogP contribution in [0.5, 0.6) is 0 Å². The van der Waals surface area contributed by atoms with Crippen molar-refractivity contribution in [3.8, 4) is 0 Å². The second kappa shape index (κ2) is 6.57. The number of hydrogen-bond donors (Lipinski definition) is 1. The van der Waals surface area contributed by atoms with Gasteiger partial charge in [-0.3, -0.25) is 14.4 Å². The largest absolute Gasteiger partial charge is 0.361 e. The Bertz CT molecular complexity index is 939. The highest BCUT2D eigenvalue weighted by atomic mass is 16.5. The second-order valence-corrected chi connectivity index (χ2v) is 6.99. The van der Waals surface area contributed by atoms with Gasteiger partial charge in [0.15, 0.2) is 5.69 Å². The van der Waals surface area contributed by atoms with Crippen LogP contribution in [0.25, 0.3) is 10.9 Å². The molecule has 0 saturated carbocycles. The zero-order valence-corrected chi connectivity index (χ0v) is 15.3. The third-order valence-corrected chi connectivity index (χ3v) is 5.14. The average Bonchev–Trinajstić information content (AvgIpc) is 3.30. The highest BCUT2D eigenvalue weighted by molar-refractivity contribution is 6.04. The fraction of sp³-hybridized carbons (Fsp3) is 0.421. The number of aryl methyl sites for hydroxylation is 3. The normalized spacial score (nSPS) is 17.9. The number of carbonyl (C=O) groups is 1. The molecule has 7 heteroatoms. The molecule has 1 fully saturated rings. The fourth-order valence-electron chi connectivity index (χ4n) is 3.68. The molecule has 2 aromatic heterocycles. The molecular formula is C19H23N5O2. The molecule has 3 aromatic rings. The van der Waals surface area contributed by atoms with Crippen LogP contribution in [0, 0.1) is 13.8 Å². The van der Waals surface area contributed by atoms with Gasteiger partial charge < -0.3 is 9.84 Å². The summed E-state index contributed by atoms with van der Waals surface area (Å²) in [5.41, 5.74) is 3.54. The zero-order chi connectivity index (χ0) is 18.3. The number of fused-ring (bicyclic) bond motifs is 1. The van der Waals surface area contributed by atoms with Crippen LogP contribution in [-0.2, 0) is 13.6 Å². The van der Waals surface area contributed by atoms with Crippen molar-refractivity contribution >= 4 is 16.8 Å². The van der Waals surface area contributed by atoms with Crippen LogP contribution in [0.4, 0.5) is 0 Å². The van der Waals surface area contributed by atoms with E-state index in [1.165, 1.54) is 0 Å².